The molecule has 0 radical (unpaired) electrons. The third-order valence-electron chi connectivity index (χ3n) is 4.31. The van der Waals surface area contributed by atoms with Crippen molar-refractivity contribution in [2.75, 3.05) is 15.5 Å². The minimum Gasteiger partial charge on any atom is -0.475 e. The molecule has 0 aliphatic carbocycles. The molecule has 172 valence electrons. The van der Waals surface area contributed by atoms with Crippen LogP contribution in [-0.2, 0) is 16.1 Å². The molecule has 1 amide bonds. The second-order valence-electron chi connectivity index (χ2n) is 6.80. The van der Waals surface area contributed by atoms with Gasteiger partial charge in [-0.05, 0) is 35.9 Å². The zero-order valence-electron chi connectivity index (χ0n) is 17.0. The van der Waals surface area contributed by atoms with Gasteiger partial charge in [-0.2, -0.15) is 18.2 Å². The zero-order chi connectivity index (χ0) is 24.2. The fourth-order valence-corrected chi connectivity index (χ4v) is 2.99. The van der Waals surface area contributed by atoms with E-state index in [1.54, 1.807) is 18.0 Å². The summed E-state index contributed by atoms with van der Waals surface area (Å²) in [6.45, 7) is 2.03. The molecule has 8 nitrogen and oxygen atoms in total. The summed E-state index contributed by atoms with van der Waals surface area (Å²) in [5, 5.41) is 13.9. The number of carboxylic acids is 1. The van der Waals surface area contributed by atoms with Crippen LogP contribution in [0.3, 0.4) is 0 Å². The predicted molar refractivity (Wildman–Crippen MR) is 117 cm³/mol. The van der Waals surface area contributed by atoms with Crippen molar-refractivity contribution >= 4 is 52.3 Å². The summed E-state index contributed by atoms with van der Waals surface area (Å²) in [5.41, 5.74) is 3.42. The van der Waals surface area contributed by atoms with E-state index in [-0.39, 0.29) is 5.91 Å². The van der Waals surface area contributed by atoms with E-state index in [1.165, 1.54) is 0 Å². The van der Waals surface area contributed by atoms with E-state index in [9.17, 15) is 18.0 Å². The normalized spacial score (nSPS) is 12.5. The first-order valence-corrected chi connectivity index (χ1v) is 9.74. The van der Waals surface area contributed by atoms with Gasteiger partial charge >= 0.3 is 12.1 Å². The summed E-state index contributed by atoms with van der Waals surface area (Å²) in [6.07, 6.45) is -3.53. The van der Waals surface area contributed by atoms with Crippen molar-refractivity contribution in [3.63, 3.8) is 0 Å². The first kappa shape index (κ1) is 23.8. The topological polar surface area (TPSA) is 107 Å². The van der Waals surface area contributed by atoms with Crippen molar-refractivity contribution in [2.24, 2.45) is 0 Å². The van der Waals surface area contributed by atoms with E-state index >= 15 is 0 Å². The van der Waals surface area contributed by atoms with Crippen LogP contribution in [0.15, 0.2) is 54.7 Å². The summed E-state index contributed by atoms with van der Waals surface area (Å²) >= 11 is 6.23. The first-order chi connectivity index (χ1) is 15.5. The number of aliphatic carboxylic acids is 1. The Morgan fingerprint density at radius 1 is 1.09 bits per heavy atom. The number of rotatable bonds is 0. The second kappa shape index (κ2) is 9.74. The molecule has 6 bridgehead atoms. The lowest BCUT2D eigenvalue weighted by Gasteiger charge is -2.22. The molecule has 0 fully saturated rings. The van der Waals surface area contributed by atoms with Gasteiger partial charge in [-0.1, -0.05) is 29.8 Å². The van der Waals surface area contributed by atoms with E-state index in [4.69, 9.17) is 21.5 Å². The SMILES string of the molecule is CC(=O)N1Cc2cccc(c2)Nc2nc(ncc2Cl)Nc2cccc1c2.O=C(O)C(F)(F)F. The maximum Gasteiger partial charge on any atom is 0.490 e. The molecule has 4 rings (SSSR count). The molecule has 1 aliphatic rings. The molecule has 0 atom stereocenters. The van der Waals surface area contributed by atoms with Crippen LogP contribution in [-0.4, -0.2) is 33.1 Å². The Morgan fingerprint density at radius 2 is 1.73 bits per heavy atom. The van der Waals surface area contributed by atoms with Crippen LogP contribution in [0.2, 0.25) is 5.02 Å². The third-order valence-corrected chi connectivity index (χ3v) is 4.59. The number of hydrogen-bond donors (Lipinski definition) is 3. The van der Waals surface area contributed by atoms with Crippen molar-refractivity contribution in [1.29, 1.82) is 0 Å². The van der Waals surface area contributed by atoms with Gasteiger partial charge in [-0.25, -0.2) is 9.78 Å². The fourth-order valence-electron chi connectivity index (χ4n) is 2.85. The second-order valence-corrected chi connectivity index (χ2v) is 7.21. The summed E-state index contributed by atoms with van der Waals surface area (Å²) in [7, 11) is 0. The van der Waals surface area contributed by atoms with E-state index in [1.807, 2.05) is 48.5 Å². The van der Waals surface area contributed by atoms with Crippen LogP contribution in [0.1, 0.15) is 12.5 Å². The van der Waals surface area contributed by atoms with Crippen LogP contribution < -0.4 is 15.5 Å². The largest absolute Gasteiger partial charge is 0.490 e. The quantitative estimate of drug-likeness (QED) is 0.411. The molecule has 2 aromatic carbocycles. The van der Waals surface area contributed by atoms with Crippen LogP contribution in [0.4, 0.5) is 42.0 Å². The van der Waals surface area contributed by atoms with Gasteiger partial charge in [0, 0.05) is 24.0 Å². The lowest BCUT2D eigenvalue weighted by atomic mass is 10.1. The van der Waals surface area contributed by atoms with Gasteiger partial charge in [-0.15, -0.1) is 0 Å². The summed E-state index contributed by atoms with van der Waals surface area (Å²) in [5.74, 6) is -1.86. The van der Waals surface area contributed by atoms with Gasteiger partial charge in [0.2, 0.25) is 11.9 Å². The van der Waals surface area contributed by atoms with Gasteiger partial charge in [0.1, 0.15) is 5.02 Å². The van der Waals surface area contributed by atoms with Gasteiger partial charge in [0.15, 0.2) is 5.82 Å². The number of fused-ring (bicyclic) bond motifs is 6. The molecule has 1 aliphatic heterocycles. The minimum absolute atomic E-state index is 0.0322. The highest BCUT2D eigenvalue weighted by atomic mass is 35.5. The van der Waals surface area contributed by atoms with Crippen LogP contribution in [0.5, 0.6) is 0 Å². The molecule has 1 aromatic heterocycles. The van der Waals surface area contributed by atoms with Crippen molar-refractivity contribution in [3.05, 3.63) is 65.3 Å². The maximum atomic E-state index is 12.2. The summed E-state index contributed by atoms with van der Waals surface area (Å²) in [4.78, 5) is 31.5. The first-order valence-electron chi connectivity index (χ1n) is 9.37. The summed E-state index contributed by atoms with van der Waals surface area (Å²) in [6, 6.07) is 15.4. The predicted octanol–water partition coefficient (Wildman–Crippen LogP) is 5.12. The summed E-state index contributed by atoms with van der Waals surface area (Å²) < 4.78 is 31.7. The zero-order valence-corrected chi connectivity index (χ0v) is 17.8. The number of halogens is 4. The van der Waals surface area contributed by atoms with Crippen LogP contribution in [0, 0.1) is 0 Å². The Balaban J connectivity index is 0.000000383. The molecule has 3 N–H and O–H groups in total. The minimum atomic E-state index is -5.08. The number of nitrogens with zero attached hydrogens (tertiary/aromatic N) is 3. The Labute approximate surface area is 191 Å². The maximum absolute atomic E-state index is 12.2. The van der Waals surface area contributed by atoms with Gasteiger partial charge < -0.3 is 20.6 Å². The van der Waals surface area contributed by atoms with Crippen LogP contribution in [0.25, 0.3) is 0 Å². The Bertz CT molecular complexity index is 1190. The number of anilines is 5. The van der Waals surface area contributed by atoms with Crippen molar-refractivity contribution < 1.29 is 27.9 Å². The number of benzene rings is 2. The van der Waals surface area contributed by atoms with E-state index in [0.29, 0.717) is 23.3 Å². The van der Waals surface area contributed by atoms with Crippen molar-refractivity contribution in [2.45, 2.75) is 19.6 Å². The van der Waals surface area contributed by atoms with E-state index < -0.39 is 12.1 Å². The highest BCUT2D eigenvalue weighted by molar-refractivity contribution is 6.32. The monoisotopic (exact) mass is 479 g/mol. The Hall–Kier alpha value is -3.86. The fraction of sp³-hybridized carbons (Fsp3) is 0.143. The third kappa shape index (κ3) is 6.32. The Kier molecular flexibility index (Phi) is 7.02. The number of hydrogen-bond acceptors (Lipinski definition) is 6. The van der Waals surface area contributed by atoms with E-state index in [0.717, 1.165) is 22.6 Å². The number of nitrogens with one attached hydrogen (secondary N) is 2. The molecule has 12 heteroatoms. The molecule has 33 heavy (non-hydrogen) atoms. The van der Waals surface area contributed by atoms with Gasteiger partial charge in [0.25, 0.3) is 0 Å². The van der Waals surface area contributed by atoms with Gasteiger partial charge in [0.05, 0.1) is 12.7 Å². The number of aromatic nitrogens is 2. The number of carbonyl (C=O) groups excluding carboxylic acids is 1. The number of carboxylic acid groups (broad SMARTS) is 1. The smallest absolute Gasteiger partial charge is 0.475 e. The van der Waals surface area contributed by atoms with Crippen molar-refractivity contribution in [3.8, 4) is 0 Å². The lowest BCUT2D eigenvalue weighted by molar-refractivity contribution is -0.192. The van der Waals surface area contributed by atoms with Crippen LogP contribution >= 0.6 is 11.6 Å². The molecule has 2 heterocycles. The van der Waals surface area contributed by atoms with Crippen molar-refractivity contribution in [1.82, 2.24) is 9.97 Å². The number of amides is 1. The molecule has 0 spiro atoms. The Morgan fingerprint density at radius 3 is 2.36 bits per heavy atom. The van der Waals surface area contributed by atoms with Gasteiger partial charge in [-0.3, -0.25) is 4.79 Å². The average molecular weight is 480 g/mol. The standard InChI is InChI=1S/C19H16ClN5O.C2HF3O2/c1-12(26)25-11-13-4-2-5-14(8-13)22-18-17(20)10-21-19(24-18)23-15-6-3-7-16(25)9-15;3-2(4,5)1(6)7/h2-10H,11H2,1H3,(H2,21,22,23,24);(H,6,7). The molecular weight excluding hydrogens is 463 g/mol. The molecule has 0 unspecified atom stereocenters. The highest BCUT2D eigenvalue weighted by Gasteiger charge is 2.38. The molecule has 3 aromatic rings. The lowest BCUT2D eigenvalue weighted by Crippen LogP contribution is -2.27. The van der Waals surface area contributed by atoms with E-state index in [2.05, 4.69) is 20.6 Å². The molecule has 0 saturated heterocycles. The number of alkyl halides is 3. The molecule has 0 saturated carbocycles. The average Bonchev–Trinajstić information content (AvgIpc) is 2.74. The number of carbonyl (C=O) groups is 2. The molecular formula is C21H17ClF3N5O3. The highest BCUT2D eigenvalue weighted by Crippen LogP contribution is 2.28.